The highest BCUT2D eigenvalue weighted by molar-refractivity contribution is 7.89. The van der Waals surface area contributed by atoms with Crippen molar-refractivity contribution in [2.45, 2.75) is 38.1 Å². The lowest BCUT2D eigenvalue weighted by Crippen LogP contribution is -2.44. The normalized spacial score (nSPS) is 24.8. The minimum absolute atomic E-state index is 0.00973. The van der Waals surface area contributed by atoms with Crippen LogP contribution in [0.5, 0.6) is 0 Å². The second-order valence-corrected chi connectivity index (χ2v) is 6.47. The summed E-state index contributed by atoms with van der Waals surface area (Å²) in [5, 5.41) is 9.21. The summed E-state index contributed by atoms with van der Waals surface area (Å²) >= 11 is 0. The van der Waals surface area contributed by atoms with Crippen LogP contribution >= 0.6 is 0 Å². The number of hydrogen-bond acceptors (Lipinski definition) is 5. The molecule has 0 bridgehead atoms. The molecule has 0 heterocycles. The van der Waals surface area contributed by atoms with Crippen LogP contribution in [0.25, 0.3) is 0 Å². The van der Waals surface area contributed by atoms with Gasteiger partial charge in [-0.2, -0.15) is 0 Å². The van der Waals surface area contributed by atoms with Crippen molar-refractivity contribution < 1.29 is 23.1 Å². The van der Waals surface area contributed by atoms with Crippen LogP contribution in [0, 0.1) is 5.92 Å². The summed E-state index contributed by atoms with van der Waals surface area (Å²) in [6.07, 6.45) is 3.40. The van der Waals surface area contributed by atoms with Crippen molar-refractivity contribution >= 4 is 16.0 Å². The molecule has 1 saturated carbocycles. The number of nitrogens with one attached hydrogen (secondary N) is 1. The van der Waals surface area contributed by atoms with Crippen molar-refractivity contribution in [1.82, 2.24) is 4.72 Å². The number of hydrogen-bond donors (Lipinski definition) is 2. The first-order valence-corrected chi connectivity index (χ1v) is 7.81. The van der Waals surface area contributed by atoms with Crippen LogP contribution in [0.4, 0.5) is 0 Å². The van der Waals surface area contributed by atoms with Gasteiger partial charge in [0.1, 0.15) is 0 Å². The molecular formula is C11H21NO5S. The van der Waals surface area contributed by atoms with Crippen LogP contribution in [0.3, 0.4) is 0 Å². The summed E-state index contributed by atoms with van der Waals surface area (Å²) in [5.74, 6) is -0.830. The highest BCUT2D eigenvalue weighted by atomic mass is 32.2. The molecule has 1 aliphatic carbocycles. The predicted octanol–water partition coefficient (Wildman–Crippen LogP) is 0.0200. The summed E-state index contributed by atoms with van der Waals surface area (Å²) in [6, 6.07) is -0.216. The summed E-state index contributed by atoms with van der Waals surface area (Å²) in [7, 11) is -2.26. The Labute approximate surface area is 108 Å². The molecule has 0 aromatic carbocycles. The number of carbonyl (C=O) groups excluding carboxylic acids is 1. The van der Waals surface area contributed by atoms with E-state index in [4.69, 9.17) is 0 Å². The van der Waals surface area contributed by atoms with Gasteiger partial charge in [-0.25, -0.2) is 13.1 Å². The highest BCUT2D eigenvalue weighted by Crippen LogP contribution is 2.24. The topological polar surface area (TPSA) is 92.7 Å². The maximum atomic E-state index is 11.8. The average molecular weight is 279 g/mol. The Bertz CT molecular complexity index is 368. The minimum Gasteiger partial charge on any atom is -0.469 e. The molecule has 1 fully saturated rings. The number of esters is 1. The Morgan fingerprint density at radius 3 is 2.67 bits per heavy atom. The molecule has 0 spiro atoms. The van der Waals surface area contributed by atoms with Gasteiger partial charge in [0.2, 0.25) is 10.0 Å². The smallest absolute Gasteiger partial charge is 0.306 e. The molecule has 1 aliphatic rings. The Morgan fingerprint density at radius 2 is 2.06 bits per heavy atom. The third-order valence-corrected chi connectivity index (χ3v) is 4.68. The van der Waals surface area contributed by atoms with Gasteiger partial charge in [-0.1, -0.05) is 12.8 Å². The molecule has 0 aliphatic heterocycles. The number of ether oxygens (including phenoxy) is 1. The lowest BCUT2D eigenvalue weighted by Gasteiger charge is -2.30. The van der Waals surface area contributed by atoms with Crippen molar-refractivity contribution in [3.8, 4) is 0 Å². The van der Waals surface area contributed by atoms with E-state index < -0.39 is 16.0 Å². The molecule has 0 aromatic rings. The molecule has 0 radical (unpaired) electrons. The molecule has 0 saturated heterocycles. The molecule has 0 aromatic heterocycles. The third kappa shape index (κ3) is 4.91. The zero-order valence-electron chi connectivity index (χ0n) is 10.6. The summed E-state index contributed by atoms with van der Waals surface area (Å²) in [4.78, 5) is 10.9. The van der Waals surface area contributed by atoms with Crippen LogP contribution in [-0.2, 0) is 19.6 Å². The number of aliphatic hydroxyl groups excluding tert-OH is 1. The highest BCUT2D eigenvalue weighted by Gasteiger charge is 2.28. The summed E-state index contributed by atoms with van der Waals surface area (Å²) < 4.78 is 30.5. The first-order chi connectivity index (χ1) is 8.48. The van der Waals surface area contributed by atoms with E-state index >= 15 is 0 Å². The zero-order valence-corrected chi connectivity index (χ0v) is 11.4. The van der Waals surface area contributed by atoms with E-state index in [9.17, 15) is 18.3 Å². The third-order valence-electron chi connectivity index (χ3n) is 3.28. The number of carbonyl (C=O) groups is 1. The Hall–Kier alpha value is -0.660. The van der Waals surface area contributed by atoms with Gasteiger partial charge in [0, 0.05) is 12.6 Å². The molecule has 1 rings (SSSR count). The Kier molecular flexibility index (Phi) is 6.04. The van der Waals surface area contributed by atoms with Gasteiger partial charge in [0.25, 0.3) is 0 Å². The van der Waals surface area contributed by atoms with Crippen molar-refractivity contribution in [2.24, 2.45) is 5.92 Å². The molecule has 6 nitrogen and oxygen atoms in total. The van der Waals surface area contributed by atoms with E-state index in [1.807, 2.05) is 0 Å². The number of rotatable bonds is 6. The van der Waals surface area contributed by atoms with E-state index in [1.165, 1.54) is 7.11 Å². The van der Waals surface area contributed by atoms with Crippen molar-refractivity contribution in [1.29, 1.82) is 0 Å². The maximum absolute atomic E-state index is 11.8. The minimum atomic E-state index is -3.49. The number of methoxy groups -OCH3 is 1. The second-order valence-electron chi connectivity index (χ2n) is 4.60. The first-order valence-electron chi connectivity index (χ1n) is 6.16. The molecule has 7 heteroatoms. The summed E-state index contributed by atoms with van der Waals surface area (Å²) in [5.41, 5.74) is 0. The van der Waals surface area contributed by atoms with Crippen molar-refractivity contribution in [2.75, 3.05) is 19.5 Å². The first kappa shape index (κ1) is 15.4. The van der Waals surface area contributed by atoms with E-state index in [2.05, 4.69) is 9.46 Å². The van der Waals surface area contributed by atoms with Crippen molar-refractivity contribution in [3.63, 3.8) is 0 Å². The number of aliphatic hydroxyl groups is 1. The van der Waals surface area contributed by atoms with Crippen LogP contribution in [-0.4, -0.2) is 45.0 Å². The quantitative estimate of drug-likeness (QED) is 0.669. The van der Waals surface area contributed by atoms with Crippen LogP contribution in [0.1, 0.15) is 32.1 Å². The zero-order chi connectivity index (χ0) is 13.6. The number of sulfonamides is 1. The van der Waals surface area contributed by atoms with Crippen LogP contribution in [0.15, 0.2) is 0 Å². The van der Waals surface area contributed by atoms with E-state index in [0.717, 1.165) is 25.7 Å². The standard InChI is InChI=1S/C11H21NO5S/c1-17-11(14)6-7-18(15,16)12-10-5-3-2-4-9(10)8-13/h9-10,12-13H,2-8H2,1H3. The van der Waals surface area contributed by atoms with E-state index in [1.54, 1.807) is 0 Å². The van der Waals surface area contributed by atoms with Crippen molar-refractivity contribution in [3.05, 3.63) is 0 Å². The molecule has 0 amide bonds. The van der Waals surface area contributed by atoms with Crippen LogP contribution in [0.2, 0.25) is 0 Å². The average Bonchev–Trinajstić information content (AvgIpc) is 2.36. The second kappa shape index (κ2) is 7.06. The SMILES string of the molecule is COC(=O)CCS(=O)(=O)NC1CCCCC1CO. The molecule has 2 N–H and O–H groups in total. The van der Waals surface area contributed by atoms with Gasteiger partial charge in [0.15, 0.2) is 0 Å². The molecule has 106 valence electrons. The molecule has 18 heavy (non-hydrogen) atoms. The molecular weight excluding hydrogens is 258 g/mol. The van der Waals surface area contributed by atoms with Gasteiger partial charge in [0.05, 0.1) is 19.3 Å². The van der Waals surface area contributed by atoms with Crippen LogP contribution < -0.4 is 4.72 Å². The largest absolute Gasteiger partial charge is 0.469 e. The van der Waals surface area contributed by atoms with Gasteiger partial charge in [-0.05, 0) is 18.8 Å². The fourth-order valence-corrected chi connectivity index (χ4v) is 3.52. The molecule has 2 unspecified atom stereocenters. The fraction of sp³-hybridized carbons (Fsp3) is 0.909. The maximum Gasteiger partial charge on any atom is 0.306 e. The lowest BCUT2D eigenvalue weighted by atomic mass is 9.86. The van der Waals surface area contributed by atoms with Gasteiger partial charge in [-0.3, -0.25) is 4.79 Å². The van der Waals surface area contributed by atoms with Gasteiger partial charge in [-0.15, -0.1) is 0 Å². The molecule has 2 atom stereocenters. The van der Waals surface area contributed by atoms with Gasteiger partial charge < -0.3 is 9.84 Å². The van der Waals surface area contributed by atoms with E-state index in [-0.39, 0.29) is 30.7 Å². The monoisotopic (exact) mass is 279 g/mol. The lowest BCUT2D eigenvalue weighted by molar-refractivity contribution is -0.140. The summed E-state index contributed by atoms with van der Waals surface area (Å²) in [6.45, 7) is -0.00973. The Balaban J connectivity index is 2.50. The Morgan fingerprint density at radius 1 is 1.39 bits per heavy atom. The predicted molar refractivity (Wildman–Crippen MR) is 66.4 cm³/mol. The fourth-order valence-electron chi connectivity index (χ4n) is 2.19. The van der Waals surface area contributed by atoms with Gasteiger partial charge >= 0.3 is 5.97 Å². The van der Waals surface area contributed by atoms with E-state index in [0.29, 0.717) is 0 Å².